The Labute approximate surface area is 248 Å². The fourth-order valence-electron chi connectivity index (χ4n) is 4.83. The van der Waals surface area contributed by atoms with E-state index < -0.39 is 22.5 Å². The van der Waals surface area contributed by atoms with Crippen molar-refractivity contribution in [1.82, 2.24) is 4.57 Å². The summed E-state index contributed by atoms with van der Waals surface area (Å²) < 4.78 is 29.1. The van der Waals surface area contributed by atoms with E-state index in [1.807, 2.05) is 0 Å². The summed E-state index contributed by atoms with van der Waals surface area (Å²) in [6, 6.07) is 11.9. The minimum Gasteiger partial charge on any atom is -0.497 e. The lowest BCUT2D eigenvalue weighted by Crippen LogP contribution is -2.40. The molecule has 1 atom stereocenters. The quantitative estimate of drug-likeness (QED) is 0.157. The number of furan rings is 1. The predicted octanol–water partition coefficient (Wildman–Crippen LogP) is 3.99. The van der Waals surface area contributed by atoms with Crippen LogP contribution in [0.2, 0.25) is 0 Å². The van der Waals surface area contributed by atoms with Gasteiger partial charge in [-0.3, -0.25) is 19.5 Å². The standard InChI is InChI=1S/C30H27N3O9S/c1-6-41-29(35)26-16(2)31-30-32(27(26)21-11-8-18(39-4)14-24(21)40-5)28(34)25(43-30)15-19-9-12-23(42-19)20-10-7-17(38-3)13-22(20)33(36)37/h7-15,27H,6H2,1-5H3/b25-15-/t27-/m1/s1. The van der Waals surface area contributed by atoms with Gasteiger partial charge in [0.2, 0.25) is 0 Å². The molecular weight excluding hydrogens is 578 g/mol. The highest BCUT2D eigenvalue weighted by molar-refractivity contribution is 7.07. The minimum absolute atomic E-state index is 0.139. The number of benzene rings is 2. The number of thiazole rings is 1. The second-order valence-corrected chi connectivity index (χ2v) is 10.3. The molecule has 0 radical (unpaired) electrons. The Bertz CT molecular complexity index is 1950. The molecular formula is C30H27N3O9S. The number of esters is 1. The first-order valence-corrected chi connectivity index (χ1v) is 13.9. The number of aromatic nitrogens is 1. The molecule has 0 bridgehead atoms. The average Bonchev–Trinajstić information content (AvgIpc) is 3.59. The van der Waals surface area contributed by atoms with Crippen LogP contribution in [-0.2, 0) is 9.53 Å². The zero-order valence-electron chi connectivity index (χ0n) is 23.9. The fraction of sp³-hybridized carbons (Fsp3) is 0.233. The van der Waals surface area contributed by atoms with E-state index in [0.717, 1.165) is 11.3 Å². The summed E-state index contributed by atoms with van der Waals surface area (Å²) >= 11 is 1.12. The molecule has 1 aliphatic heterocycles. The van der Waals surface area contributed by atoms with E-state index in [1.165, 1.54) is 44.1 Å². The van der Waals surface area contributed by atoms with Crippen LogP contribution in [0.25, 0.3) is 17.4 Å². The number of allylic oxidation sites excluding steroid dienone is 1. The van der Waals surface area contributed by atoms with Crippen molar-refractivity contribution in [2.75, 3.05) is 27.9 Å². The molecule has 5 rings (SSSR count). The summed E-state index contributed by atoms with van der Waals surface area (Å²) in [6.07, 6.45) is 1.54. The summed E-state index contributed by atoms with van der Waals surface area (Å²) in [5.74, 6) is 1.23. The normalized spacial score (nSPS) is 14.6. The Morgan fingerprint density at radius 1 is 1.09 bits per heavy atom. The van der Waals surface area contributed by atoms with Crippen molar-refractivity contribution in [2.24, 2.45) is 4.99 Å². The van der Waals surface area contributed by atoms with E-state index in [1.54, 1.807) is 50.2 Å². The highest BCUT2D eigenvalue weighted by Gasteiger charge is 2.35. The zero-order valence-corrected chi connectivity index (χ0v) is 24.7. The zero-order chi connectivity index (χ0) is 30.8. The maximum absolute atomic E-state index is 13.9. The molecule has 3 heterocycles. The van der Waals surface area contributed by atoms with Crippen molar-refractivity contribution in [2.45, 2.75) is 19.9 Å². The molecule has 0 amide bonds. The average molecular weight is 606 g/mol. The molecule has 0 fully saturated rings. The van der Waals surface area contributed by atoms with Crippen LogP contribution in [0.4, 0.5) is 5.69 Å². The topological polar surface area (TPSA) is 145 Å². The van der Waals surface area contributed by atoms with Gasteiger partial charge in [-0.05, 0) is 50.2 Å². The SMILES string of the molecule is CCOC(=O)C1=C(C)N=c2s/c(=C\c3ccc(-c4ccc(OC)cc4[N+](=O)[O-])o3)c(=O)n2[C@@H]1c1ccc(OC)cc1OC. The first kappa shape index (κ1) is 29.3. The molecule has 12 nitrogen and oxygen atoms in total. The molecule has 0 spiro atoms. The van der Waals surface area contributed by atoms with Crippen molar-refractivity contribution in [3.05, 3.63) is 101 Å². The van der Waals surface area contributed by atoms with E-state index in [-0.39, 0.29) is 33.7 Å². The molecule has 1 aliphatic rings. The minimum atomic E-state index is -0.896. The number of carbonyl (C=O) groups is 1. The largest absolute Gasteiger partial charge is 0.497 e. The third-order valence-corrected chi connectivity index (χ3v) is 7.80. The van der Waals surface area contributed by atoms with Crippen LogP contribution in [0.5, 0.6) is 17.2 Å². The Morgan fingerprint density at radius 2 is 1.81 bits per heavy atom. The summed E-state index contributed by atoms with van der Waals surface area (Å²) in [4.78, 5) is 43.2. The first-order chi connectivity index (χ1) is 20.7. The van der Waals surface area contributed by atoms with Crippen LogP contribution in [0.1, 0.15) is 31.2 Å². The Morgan fingerprint density at radius 3 is 2.49 bits per heavy atom. The Kier molecular flexibility index (Phi) is 8.17. The Hall–Kier alpha value is -5.17. The molecule has 43 heavy (non-hydrogen) atoms. The van der Waals surface area contributed by atoms with Gasteiger partial charge in [-0.2, -0.15) is 0 Å². The lowest BCUT2D eigenvalue weighted by molar-refractivity contribution is -0.384. The molecule has 0 unspecified atom stereocenters. The highest BCUT2D eigenvalue weighted by Crippen LogP contribution is 2.38. The molecule has 0 saturated carbocycles. The van der Waals surface area contributed by atoms with Gasteiger partial charge in [0.1, 0.15) is 34.8 Å². The smallest absolute Gasteiger partial charge is 0.338 e. The van der Waals surface area contributed by atoms with Crippen molar-refractivity contribution >= 4 is 29.1 Å². The van der Waals surface area contributed by atoms with Crippen molar-refractivity contribution < 1.29 is 33.1 Å². The summed E-state index contributed by atoms with van der Waals surface area (Å²) in [5, 5.41) is 11.7. The molecule has 0 aliphatic carbocycles. The molecule has 4 aromatic rings. The summed E-state index contributed by atoms with van der Waals surface area (Å²) in [5.41, 5.74) is 0.801. The number of rotatable bonds is 9. The van der Waals surface area contributed by atoms with Crippen LogP contribution in [0, 0.1) is 10.1 Å². The predicted molar refractivity (Wildman–Crippen MR) is 157 cm³/mol. The summed E-state index contributed by atoms with van der Waals surface area (Å²) in [6.45, 7) is 3.52. The fourth-order valence-corrected chi connectivity index (χ4v) is 5.86. The molecule has 2 aromatic carbocycles. The Balaban J connectivity index is 1.66. The molecule has 0 N–H and O–H groups in total. The van der Waals surface area contributed by atoms with Gasteiger partial charge in [-0.15, -0.1) is 0 Å². The van der Waals surface area contributed by atoms with Gasteiger partial charge in [0.15, 0.2) is 4.80 Å². The number of carbonyl (C=O) groups excluding carboxylic acids is 1. The van der Waals surface area contributed by atoms with E-state index >= 15 is 0 Å². The van der Waals surface area contributed by atoms with Crippen LogP contribution >= 0.6 is 11.3 Å². The number of nitrogens with zero attached hydrogens (tertiary/aromatic N) is 3. The van der Waals surface area contributed by atoms with Gasteiger partial charge in [-0.25, -0.2) is 9.79 Å². The number of nitro benzene ring substituents is 1. The van der Waals surface area contributed by atoms with Gasteiger partial charge < -0.3 is 23.4 Å². The van der Waals surface area contributed by atoms with Crippen LogP contribution in [0.3, 0.4) is 0 Å². The van der Waals surface area contributed by atoms with E-state index in [0.29, 0.717) is 39.1 Å². The van der Waals surface area contributed by atoms with Gasteiger partial charge >= 0.3 is 5.97 Å². The van der Waals surface area contributed by atoms with Gasteiger partial charge in [0.25, 0.3) is 11.2 Å². The highest BCUT2D eigenvalue weighted by atomic mass is 32.1. The molecule has 13 heteroatoms. The van der Waals surface area contributed by atoms with Gasteiger partial charge in [0, 0.05) is 17.7 Å². The number of nitro groups is 1. The van der Waals surface area contributed by atoms with Crippen LogP contribution in [-0.4, -0.2) is 43.4 Å². The number of hydrogen-bond acceptors (Lipinski definition) is 11. The number of methoxy groups -OCH3 is 3. The monoisotopic (exact) mass is 605 g/mol. The van der Waals surface area contributed by atoms with Crippen LogP contribution < -0.4 is 29.1 Å². The maximum Gasteiger partial charge on any atom is 0.338 e. The molecule has 0 saturated heterocycles. The number of fused-ring (bicyclic) bond motifs is 1. The lowest BCUT2D eigenvalue weighted by Gasteiger charge is -2.26. The van der Waals surface area contributed by atoms with E-state index in [4.69, 9.17) is 23.4 Å². The maximum atomic E-state index is 13.9. The third-order valence-electron chi connectivity index (χ3n) is 6.82. The van der Waals surface area contributed by atoms with Crippen molar-refractivity contribution in [3.8, 4) is 28.6 Å². The second-order valence-electron chi connectivity index (χ2n) is 9.25. The van der Waals surface area contributed by atoms with Gasteiger partial charge in [0.05, 0.1) is 60.3 Å². The third kappa shape index (κ3) is 5.42. The lowest BCUT2D eigenvalue weighted by atomic mass is 9.95. The number of ether oxygens (including phenoxy) is 4. The second kappa shape index (κ2) is 12.0. The first-order valence-electron chi connectivity index (χ1n) is 13.0. The summed E-state index contributed by atoms with van der Waals surface area (Å²) in [7, 11) is 4.44. The van der Waals surface area contributed by atoms with E-state index in [2.05, 4.69) is 4.99 Å². The number of hydrogen-bond donors (Lipinski definition) is 0. The molecule has 222 valence electrons. The van der Waals surface area contributed by atoms with Crippen molar-refractivity contribution in [1.29, 1.82) is 0 Å². The van der Waals surface area contributed by atoms with Gasteiger partial charge in [-0.1, -0.05) is 11.3 Å². The van der Waals surface area contributed by atoms with E-state index in [9.17, 15) is 19.7 Å². The molecule has 2 aromatic heterocycles. The van der Waals surface area contributed by atoms with Crippen molar-refractivity contribution in [3.63, 3.8) is 0 Å². The van der Waals surface area contributed by atoms with Crippen LogP contribution in [0.15, 0.2) is 74.0 Å².